The molecule has 4 heteroatoms. The van der Waals surface area contributed by atoms with E-state index in [1.807, 2.05) is 0 Å². The number of ether oxygens (including phenoxy) is 1. The third-order valence-corrected chi connectivity index (χ3v) is 3.34. The van der Waals surface area contributed by atoms with Crippen LogP contribution in [0.15, 0.2) is 24.3 Å². The van der Waals surface area contributed by atoms with Gasteiger partial charge in [-0.05, 0) is 25.3 Å². The Labute approximate surface area is 108 Å². The van der Waals surface area contributed by atoms with Crippen molar-refractivity contribution in [2.75, 3.05) is 13.1 Å². The first-order valence-corrected chi connectivity index (χ1v) is 6.37. The average Bonchev–Trinajstić information content (AvgIpc) is 2.34. The lowest BCUT2D eigenvalue weighted by molar-refractivity contribution is 0.0541. The summed E-state index contributed by atoms with van der Waals surface area (Å²) in [5.41, 5.74) is 7.63. The number of hydrogen-bond donors (Lipinski definition) is 1. The van der Waals surface area contributed by atoms with E-state index in [0.29, 0.717) is 0 Å². The molecule has 1 aromatic carbocycles. The van der Waals surface area contributed by atoms with Crippen LogP contribution in [0.3, 0.4) is 0 Å². The molecule has 98 valence electrons. The van der Waals surface area contributed by atoms with Gasteiger partial charge < -0.3 is 10.5 Å². The van der Waals surface area contributed by atoms with Crippen LogP contribution in [0, 0.1) is 6.92 Å². The van der Waals surface area contributed by atoms with Gasteiger partial charge in [-0.25, -0.2) is 4.79 Å². The van der Waals surface area contributed by atoms with Crippen molar-refractivity contribution < 1.29 is 9.53 Å². The Kier molecular flexibility index (Phi) is 4.20. The summed E-state index contributed by atoms with van der Waals surface area (Å²) in [7, 11) is 0. The van der Waals surface area contributed by atoms with E-state index in [9.17, 15) is 4.79 Å². The number of nitrogens with two attached hydrogens (primary N) is 1. The van der Waals surface area contributed by atoms with E-state index in [4.69, 9.17) is 10.5 Å². The Bertz CT molecular complexity index is 395. The van der Waals surface area contributed by atoms with E-state index in [0.717, 1.165) is 32.5 Å². The second-order valence-corrected chi connectivity index (χ2v) is 4.90. The summed E-state index contributed by atoms with van der Waals surface area (Å²) in [5.74, 6) is 0. The van der Waals surface area contributed by atoms with Crippen molar-refractivity contribution in [3.63, 3.8) is 0 Å². The number of nitrogens with zero attached hydrogens (tertiary/aromatic N) is 1. The molecule has 2 rings (SSSR count). The molecule has 0 atom stereocenters. The molecule has 1 aliphatic rings. The molecule has 0 bridgehead atoms. The van der Waals surface area contributed by atoms with E-state index in [2.05, 4.69) is 36.1 Å². The molecule has 0 saturated carbocycles. The maximum atomic E-state index is 10.7. The highest BCUT2D eigenvalue weighted by molar-refractivity contribution is 5.64. The number of carbonyl (C=O) groups excluding carboxylic acids is 1. The summed E-state index contributed by atoms with van der Waals surface area (Å²) in [6.07, 6.45) is 1.08. The number of piperidine rings is 1. The quantitative estimate of drug-likeness (QED) is 0.890. The number of hydrogen-bond acceptors (Lipinski definition) is 3. The number of carbonyl (C=O) groups is 1. The maximum Gasteiger partial charge on any atom is 0.404 e. The first kappa shape index (κ1) is 12.9. The number of primary amides is 1. The van der Waals surface area contributed by atoms with Crippen LogP contribution in [0.1, 0.15) is 24.0 Å². The van der Waals surface area contributed by atoms with Gasteiger partial charge in [-0.2, -0.15) is 0 Å². The third kappa shape index (κ3) is 3.74. The number of amides is 1. The second kappa shape index (κ2) is 5.87. The van der Waals surface area contributed by atoms with E-state index in [-0.39, 0.29) is 6.10 Å². The normalized spacial score (nSPS) is 17.6. The molecule has 1 aliphatic heterocycles. The van der Waals surface area contributed by atoms with E-state index < -0.39 is 6.09 Å². The summed E-state index contributed by atoms with van der Waals surface area (Å²) >= 11 is 0. The highest BCUT2D eigenvalue weighted by Gasteiger charge is 2.21. The third-order valence-electron chi connectivity index (χ3n) is 3.34. The van der Waals surface area contributed by atoms with Crippen LogP contribution < -0.4 is 5.73 Å². The predicted molar refractivity (Wildman–Crippen MR) is 70.1 cm³/mol. The number of rotatable bonds is 3. The average molecular weight is 248 g/mol. The SMILES string of the molecule is Cc1ccc(CN2CCC(OC(N)=O)CC2)cc1. The zero-order valence-electron chi connectivity index (χ0n) is 10.8. The van der Waals surface area contributed by atoms with Gasteiger partial charge in [-0.1, -0.05) is 29.8 Å². The molecule has 1 saturated heterocycles. The zero-order valence-corrected chi connectivity index (χ0v) is 10.8. The van der Waals surface area contributed by atoms with Crippen molar-refractivity contribution in [2.45, 2.75) is 32.4 Å². The summed E-state index contributed by atoms with van der Waals surface area (Å²) in [6, 6.07) is 8.61. The fourth-order valence-electron chi connectivity index (χ4n) is 2.30. The number of benzene rings is 1. The van der Waals surface area contributed by atoms with Gasteiger partial charge in [0, 0.05) is 19.6 Å². The van der Waals surface area contributed by atoms with E-state index in [1.54, 1.807) is 0 Å². The fraction of sp³-hybridized carbons (Fsp3) is 0.500. The maximum absolute atomic E-state index is 10.7. The summed E-state index contributed by atoms with van der Waals surface area (Å²) in [5, 5.41) is 0. The van der Waals surface area contributed by atoms with Crippen LogP contribution in [0.25, 0.3) is 0 Å². The van der Waals surface area contributed by atoms with Crippen LogP contribution in [0.5, 0.6) is 0 Å². The standard InChI is InChI=1S/C14H20N2O2/c1-11-2-4-12(5-3-11)10-16-8-6-13(7-9-16)18-14(15)17/h2-5,13H,6-10H2,1H3,(H2,15,17). The van der Waals surface area contributed by atoms with Crippen molar-refractivity contribution >= 4 is 6.09 Å². The van der Waals surface area contributed by atoms with Crippen molar-refractivity contribution in [3.8, 4) is 0 Å². The van der Waals surface area contributed by atoms with Gasteiger partial charge in [-0.15, -0.1) is 0 Å². The molecule has 4 nitrogen and oxygen atoms in total. The fourth-order valence-corrected chi connectivity index (χ4v) is 2.30. The Balaban J connectivity index is 1.79. The van der Waals surface area contributed by atoms with Crippen LogP contribution >= 0.6 is 0 Å². The molecule has 0 unspecified atom stereocenters. The van der Waals surface area contributed by atoms with Gasteiger partial charge in [0.1, 0.15) is 6.10 Å². The molecule has 0 radical (unpaired) electrons. The van der Waals surface area contributed by atoms with Gasteiger partial charge in [0.05, 0.1) is 0 Å². The van der Waals surface area contributed by atoms with Gasteiger partial charge in [0.25, 0.3) is 0 Å². The van der Waals surface area contributed by atoms with E-state index >= 15 is 0 Å². The molecule has 1 heterocycles. The first-order valence-electron chi connectivity index (χ1n) is 6.37. The lowest BCUT2D eigenvalue weighted by atomic mass is 10.1. The number of likely N-dealkylation sites (tertiary alicyclic amines) is 1. The number of aryl methyl sites for hydroxylation is 1. The topological polar surface area (TPSA) is 55.6 Å². The smallest absolute Gasteiger partial charge is 0.404 e. The largest absolute Gasteiger partial charge is 0.446 e. The predicted octanol–water partition coefficient (Wildman–Crippen LogP) is 2.05. The lowest BCUT2D eigenvalue weighted by Gasteiger charge is -2.31. The van der Waals surface area contributed by atoms with Crippen molar-refractivity contribution in [3.05, 3.63) is 35.4 Å². The van der Waals surface area contributed by atoms with Crippen LogP contribution in [0.4, 0.5) is 4.79 Å². The highest BCUT2D eigenvalue weighted by Crippen LogP contribution is 2.16. The summed E-state index contributed by atoms with van der Waals surface area (Å²) in [6.45, 7) is 4.96. The molecule has 1 amide bonds. The van der Waals surface area contributed by atoms with Crippen LogP contribution in [-0.2, 0) is 11.3 Å². The Morgan fingerprint density at radius 3 is 2.50 bits per heavy atom. The molecule has 0 aromatic heterocycles. The molecule has 0 spiro atoms. The lowest BCUT2D eigenvalue weighted by Crippen LogP contribution is -2.38. The molecule has 0 aliphatic carbocycles. The monoisotopic (exact) mass is 248 g/mol. The van der Waals surface area contributed by atoms with E-state index in [1.165, 1.54) is 11.1 Å². The minimum Gasteiger partial charge on any atom is -0.446 e. The molecule has 1 aromatic rings. The molecular weight excluding hydrogens is 228 g/mol. The molecular formula is C14H20N2O2. The van der Waals surface area contributed by atoms with Gasteiger partial charge in [0.2, 0.25) is 0 Å². The summed E-state index contributed by atoms with van der Waals surface area (Å²) < 4.78 is 5.02. The van der Waals surface area contributed by atoms with Gasteiger partial charge in [0.15, 0.2) is 0 Å². The highest BCUT2D eigenvalue weighted by atomic mass is 16.6. The van der Waals surface area contributed by atoms with Crippen molar-refractivity contribution in [1.29, 1.82) is 0 Å². The minimum atomic E-state index is -0.660. The summed E-state index contributed by atoms with van der Waals surface area (Å²) in [4.78, 5) is 13.0. The Morgan fingerprint density at radius 1 is 1.33 bits per heavy atom. The Morgan fingerprint density at radius 2 is 1.94 bits per heavy atom. The molecule has 1 fully saturated rings. The van der Waals surface area contributed by atoms with Gasteiger partial charge in [-0.3, -0.25) is 4.90 Å². The van der Waals surface area contributed by atoms with Crippen LogP contribution in [-0.4, -0.2) is 30.2 Å². The first-order chi connectivity index (χ1) is 8.63. The van der Waals surface area contributed by atoms with Crippen molar-refractivity contribution in [2.24, 2.45) is 5.73 Å². The van der Waals surface area contributed by atoms with Crippen LogP contribution in [0.2, 0.25) is 0 Å². The molecule has 18 heavy (non-hydrogen) atoms. The molecule has 2 N–H and O–H groups in total. The minimum absolute atomic E-state index is 0.00299. The second-order valence-electron chi connectivity index (χ2n) is 4.90. The Hall–Kier alpha value is -1.55. The zero-order chi connectivity index (χ0) is 13.0. The van der Waals surface area contributed by atoms with Crippen molar-refractivity contribution in [1.82, 2.24) is 4.90 Å². The van der Waals surface area contributed by atoms with Gasteiger partial charge >= 0.3 is 6.09 Å².